The van der Waals surface area contributed by atoms with Gasteiger partial charge in [-0.05, 0) is 30.7 Å². The van der Waals surface area contributed by atoms with Crippen LogP contribution in [0.25, 0.3) is 0 Å². The minimum absolute atomic E-state index is 0.0179. The summed E-state index contributed by atoms with van der Waals surface area (Å²) in [6.45, 7) is 0.814. The van der Waals surface area contributed by atoms with Crippen LogP contribution in [0, 0.1) is 5.92 Å². The molecule has 1 atom stereocenters. The van der Waals surface area contributed by atoms with E-state index < -0.39 is 47.5 Å². The summed E-state index contributed by atoms with van der Waals surface area (Å²) in [6, 6.07) is 1.10. The first-order valence-electron chi connectivity index (χ1n) is 6.95. The van der Waals surface area contributed by atoms with Crippen molar-refractivity contribution in [2.45, 2.75) is 25.9 Å². The number of aliphatic hydroxyl groups is 1. The van der Waals surface area contributed by atoms with Gasteiger partial charge < -0.3 is 9.84 Å². The van der Waals surface area contributed by atoms with Crippen LogP contribution in [0.2, 0.25) is 0 Å². The number of carbonyl (C=O) groups excluding carboxylic acids is 1. The van der Waals surface area contributed by atoms with Crippen molar-refractivity contribution in [1.29, 1.82) is 0 Å². The summed E-state index contributed by atoms with van der Waals surface area (Å²) >= 11 is 0. The Hall–Kier alpha value is -2.45. The van der Waals surface area contributed by atoms with Crippen molar-refractivity contribution in [1.82, 2.24) is 0 Å². The molecule has 2 rings (SSSR count). The molecule has 1 aliphatic rings. The molecule has 25 heavy (non-hydrogen) atoms. The lowest BCUT2D eigenvalue weighted by Crippen LogP contribution is -2.18. The van der Waals surface area contributed by atoms with Crippen LogP contribution in [-0.2, 0) is 28.5 Å². The van der Waals surface area contributed by atoms with Gasteiger partial charge in [-0.1, -0.05) is 0 Å². The molecule has 0 radical (unpaired) electrons. The Morgan fingerprint density at radius 3 is 2.00 bits per heavy atom. The molecule has 0 saturated carbocycles. The van der Waals surface area contributed by atoms with E-state index in [1.54, 1.807) is 0 Å². The van der Waals surface area contributed by atoms with Crippen LogP contribution in [-0.4, -0.2) is 10.9 Å². The van der Waals surface area contributed by atoms with Gasteiger partial charge >= 0.3 is 12.4 Å². The van der Waals surface area contributed by atoms with Gasteiger partial charge in [-0.2, -0.15) is 26.3 Å². The summed E-state index contributed by atoms with van der Waals surface area (Å²) in [5.74, 6) is -1.74. The van der Waals surface area contributed by atoms with Crippen molar-refractivity contribution in [2.75, 3.05) is 0 Å². The average molecular weight is 366 g/mol. The van der Waals surface area contributed by atoms with Crippen LogP contribution in [0.5, 0.6) is 0 Å². The second kappa shape index (κ2) is 6.45. The molecular formula is C16H12F6O3. The molecule has 136 valence electrons. The number of halogens is 6. The van der Waals surface area contributed by atoms with Crippen molar-refractivity contribution in [3.8, 4) is 0 Å². The van der Waals surface area contributed by atoms with E-state index in [0.717, 1.165) is 12.2 Å². The summed E-state index contributed by atoms with van der Waals surface area (Å²) in [5.41, 5.74) is -3.27. The van der Waals surface area contributed by atoms with Crippen LogP contribution in [0.3, 0.4) is 0 Å². The van der Waals surface area contributed by atoms with Gasteiger partial charge in [-0.3, -0.25) is 4.79 Å². The van der Waals surface area contributed by atoms with Gasteiger partial charge in [-0.15, -0.1) is 0 Å². The zero-order valence-corrected chi connectivity index (χ0v) is 12.7. The van der Waals surface area contributed by atoms with E-state index in [1.807, 2.05) is 0 Å². The Balaban J connectivity index is 2.30. The first-order chi connectivity index (χ1) is 11.4. The van der Waals surface area contributed by atoms with Crippen molar-refractivity contribution >= 4 is 5.78 Å². The van der Waals surface area contributed by atoms with E-state index in [1.165, 1.54) is 6.92 Å². The molecule has 0 amide bonds. The number of alkyl halides is 6. The fourth-order valence-electron chi connectivity index (χ4n) is 2.16. The summed E-state index contributed by atoms with van der Waals surface area (Å²) < 4.78 is 81.9. The maximum absolute atomic E-state index is 12.8. The molecular weight excluding hydrogens is 354 g/mol. The number of ether oxygens (including phenoxy) is 1. The second-order valence-electron chi connectivity index (χ2n) is 5.44. The van der Waals surface area contributed by atoms with E-state index in [2.05, 4.69) is 0 Å². The Kier molecular flexibility index (Phi) is 4.87. The third-order valence-electron chi connectivity index (χ3n) is 3.49. The van der Waals surface area contributed by atoms with Crippen molar-refractivity contribution in [3.63, 3.8) is 0 Å². The molecule has 0 fully saturated rings. The van der Waals surface area contributed by atoms with Crippen LogP contribution in [0.4, 0.5) is 26.3 Å². The Morgan fingerprint density at radius 1 is 1.00 bits per heavy atom. The Morgan fingerprint density at radius 2 is 1.52 bits per heavy atom. The molecule has 1 aliphatic carbocycles. The van der Waals surface area contributed by atoms with Crippen molar-refractivity contribution in [3.05, 3.63) is 58.6 Å². The number of aliphatic hydroxyl groups excluding tert-OH is 1. The number of benzene rings is 1. The summed E-state index contributed by atoms with van der Waals surface area (Å²) in [7, 11) is 0. The predicted molar refractivity (Wildman–Crippen MR) is 74.2 cm³/mol. The quantitative estimate of drug-likeness (QED) is 0.783. The van der Waals surface area contributed by atoms with Crippen LogP contribution < -0.4 is 0 Å². The van der Waals surface area contributed by atoms with Gasteiger partial charge in [0.25, 0.3) is 0 Å². The number of ketones is 1. The number of carbonyl (C=O) groups is 1. The summed E-state index contributed by atoms with van der Waals surface area (Å²) in [6.07, 6.45) is -7.87. The Bertz CT molecular complexity index is 711. The standard InChI is InChI=1S/C16H12F6O3/c1-8-13(24)5-12(23)6-14(8)25-7-9-2-10(15(17,18)19)4-11(3-9)16(20,21)22/h2-6,8,23H,7H2,1H3. The van der Waals surface area contributed by atoms with Crippen LogP contribution >= 0.6 is 0 Å². The highest BCUT2D eigenvalue weighted by Gasteiger charge is 2.37. The normalized spacial score (nSPS) is 18.7. The average Bonchev–Trinajstić information content (AvgIpc) is 2.47. The Labute approximate surface area is 138 Å². The highest BCUT2D eigenvalue weighted by Crippen LogP contribution is 2.36. The molecule has 0 bridgehead atoms. The van der Waals surface area contributed by atoms with E-state index in [-0.39, 0.29) is 17.4 Å². The third kappa shape index (κ3) is 4.55. The van der Waals surface area contributed by atoms with E-state index in [0.29, 0.717) is 12.1 Å². The smallest absolute Gasteiger partial charge is 0.416 e. The maximum atomic E-state index is 12.8. The molecule has 9 heteroatoms. The van der Waals surface area contributed by atoms with E-state index in [4.69, 9.17) is 4.74 Å². The molecule has 3 nitrogen and oxygen atoms in total. The van der Waals surface area contributed by atoms with Gasteiger partial charge in [0.15, 0.2) is 5.78 Å². The molecule has 0 aromatic heterocycles. The molecule has 0 spiro atoms. The topological polar surface area (TPSA) is 46.5 Å². The molecule has 1 aromatic rings. The lowest BCUT2D eigenvalue weighted by Gasteiger charge is -2.19. The van der Waals surface area contributed by atoms with Crippen molar-refractivity contribution in [2.24, 2.45) is 5.92 Å². The number of allylic oxidation sites excluding steroid dienone is 3. The monoisotopic (exact) mass is 366 g/mol. The SMILES string of the molecule is CC1C(=O)C=C(O)C=C1OCc1cc(C(F)(F)F)cc(C(F)(F)F)c1. The van der Waals surface area contributed by atoms with Gasteiger partial charge in [0.2, 0.25) is 0 Å². The second-order valence-corrected chi connectivity index (χ2v) is 5.44. The third-order valence-corrected chi connectivity index (χ3v) is 3.49. The highest BCUT2D eigenvalue weighted by atomic mass is 19.4. The van der Waals surface area contributed by atoms with Crippen LogP contribution in [0.15, 0.2) is 41.9 Å². The fourth-order valence-corrected chi connectivity index (χ4v) is 2.16. The maximum Gasteiger partial charge on any atom is 0.416 e. The molecule has 0 saturated heterocycles. The lowest BCUT2D eigenvalue weighted by atomic mass is 9.98. The zero-order valence-electron chi connectivity index (χ0n) is 12.7. The molecule has 0 heterocycles. The largest absolute Gasteiger partial charge is 0.508 e. The molecule has 1 N–H and O–H groups in total. The zero-order chi connectivity index (χ0) is 19.0. The molecule has 0 aliphatic heterocycles. The minimum Gasteiger partial charge on any atom is -0.508 e. The van der Waals surface area contributed by atoms with Gasteiger partial charge in [0, 0.05) is 12.2 Å². The number of hydrogen-bond acceptors (Lipinski definition) is 3. The first-order valence-corrected chi connectivity index (χ1v) is 6.95. The minimum atomic E-state index is -4.95. The fraction of sp³-hybridized carbons (Fsp3) is 0.312. The molecule has 1 unspecified atom stereocenters. The van der Waals surface area contributed by atoms with Gasteiger partial charge in [0.1, 0.15) is 18.1 Å². The summed E-state index contributed by atoms with van der Waals surface area (Å²) in [4.78, 5) is 11.5. The van der Waals surface area contributed by atoms with Gasteiger partial charge in [-0.25, -0.2) is 0 Å². The van der Waals surface area contributed by atoms with E-state index >= 15 is 0 Å². The molecule has 1 aromatic carbocycles. The van der Waals surface area contributed by atoms with E-state index in [9.17, 15) is 36.2 Å². The lowest BCUT2D eigenvalue weighted by molar-refractivity contribution is -0.143. The number of hydrogen-bond donors (Lipinski definition) is 1. The summed E-state index contributed by atoms with van der Waals surface area (Å²) in [5, 5.41) is 9.35. The van der Waals surface area contributed by atoms with Gasteiger partial charge in [0.05, 0.1) is 17.0 Å². The predicted octanol–water partition coefficient (Wildman–Crippen LogP) is 4.79. The van der Waals surface area contributed by atoms with Crippen molar-refractivity contribution < 1.29 is 41.0 Å². The highest BCUT2D eigenvalue weighted by molar-refractivity contribution is 5.95. The number of rotatable bonds is 3. The first kappa shape index (κ1) is 18.9. The van der Waals surface area contributed by atoms with Crippen LogP contribution in [0.1, 0.15) is 23.6 Å².